The smallest absolute Gasteiger partial charge is 0.255 e. The van der Waals surface area contributed by atoms with Gasteiger partial charge in [0.25, 0.3) is 5.91 Å². The van der Waals surface area contributed by atoms with Crippen molar-refractivity contribution >= 4 is 5.91 Å². The summed E-state index contributed by atoms with van der Waals surface area (Å²) in [6.45, 7) is 3.82. The molecule has 0 fully saturated rings. The SMILES string of the molecule is CCCCC(F)(CCC)C(N)=O. The molecule has 0 aromatic heterocycles. The fourth-order valence-corrected chi connectivity index (χ4v) is 1.22. The van der Waals surface area contributed by atoms with Crippen molar-refractivity contribution in [1.29, 1.82) is 0 Å². The Labute approximate surface area is 73.3 Å². The lowest BCUT2D eigenvalue weighted by Gasteiger charge is -2.20. The molecule has 0 saturated carbocycles. The minimum absolute atomic E-state index is 0.252. The fourth-order valence-electron chi connectivity index (χ4n) is 1.22. The van der Waals surface area contributed by atoms with Gasteiger partial charge in [0, 0.05) is 0 Å². The standard InChI is InChI=1S/C9H18FNO/c1-3-5-7-9(10,6-4-2)8(11)12/h3-7H2,1-2H3,(H2,11,12). The van der Waals surface area contributed by atoms with Crippen molar-refractivity contribution in [3.8, 4) is 0 Å². The zero-order valence-corrected chi connectivity index (χ0v) is 7.90. The van der Waals surface area contributed by atoms with Crippen LogP contribution in [0.3, 0.4) is 0 Å². The number of rotatable bonds is 6. The van der Waals surface area contributed by atoms with Gasteiger partial charge in [-0.25, -0.2) is 4.39 Å². The lowest BCUT2D eigenvalue weighted by molar-refractivity contribution is -0.130. The van der Waals surface area contributed by atoms with Crippen LogP contribution in [0.1, 0.15) is 46.0 Å². The summed E-state index contributed by atoms with van der Waals surface area (Å²) < 4.78 is 13.6. The second-order valence-corrected chi connectivity index (χ2v) is 3.18. The van der Waals surface area contributed by atoms with E-state index in [0.29, 0.717) is 6.42 Å². The second-order valence-electron chi connectivity index (χ2n) is 3.18. The summed E-state index contributed by atoms with van der Waals surface area (Å²) in [6, 6.07) is 0. The summed E-state index contributed by atoms with van der Waals surface area (Å²) in [5.41, 5.74) is 3.22. The quantitative estimate of drug-likeness (QED) is 0.660. The summed E-state index contributed by atoms with van der Waals surface area (Å²) >= 11 is 0. The van der Waals surface area contributed by atoms with Gasteiger partial charge in [-0.3, -0.25) is 4.79 Å². The first kappa shape index (κ1) is 11.4. The molecule has 3 heteroatoms. The maximum atomic E-state index is 13.6. The fraction of sp³-hybridized carbons (Fsp3) is 0.889. The van der Waals surface area contributed by atoms with Crippen molar-refractivity contribution in [2.75, 3.05) is 0 Å². The number of primary amides is 1. The number of hydrogen-bond acceptors (Lipinski definition) is 1. The summed E-state index contributed by atoms with van der Waals surface area (Å²) in [6.07, 6.45) is 2.79. The van der Waals surface area contributed by atoms with Gasteiger partial charge < -0.3 is 5.73 Å². The number of carbonyl (C=O) groups excluding carboxylic acids is 1. The highest BCUT2D eigenvalue weighted by atomic mass is 19.1. The molecule has 0 aromatic carbocycles. The number of unbranched alkanes of at least 4 members (excludes halogenated alkanes) is 1. The molecule has 0 saturated heterocycles. The molecule has 1 unspecified atom stereocenters. The predicted octanol–water partition coefficient (Wildman–Crippen LogP) is 2.17. The molecule has 2 N–H and O–H groups in total. The molecule has 12 heavy (non-hydrogen) atoms. The zero-order chi connectivity index (χ0) is 9.61. The van der Waals surface area contributed by atoms with Crippen molar-refractivity contribution in [2.24, 2.45) is 5.73 Å². The van der Waals surface area contributed by atoms with Crippen LogP contribution in [0.2, 0.25) is 0 Å². The van der Waals surface area contributed by atoms with Crippen LogP contribution in [0.15, 0.2) is 0 Å². The highest BCUT2D eigenvalue weighted by Gasteiger charge is 2.34. The van der Waals surface area contributed by atoms with Crippen LogP contribution < -0.4 is 5.73 Å². The number of hydrogen-bond donors (Lipinski definition) is 1. The van der Waals surface area contributed by atoms with E-state index in [1.54, 1.807) is 0 Å². The Morgan fingerprint density at radius 3 is 2.25 bits per heavy atom. The summed E-state index contributed by atoms with van der Waals surface area (Å²) in [5, 5.41) is 0. The van der Waals surface area contributed by atoms with Crippen LogP contribution >= 0.6 is 0 Å². The van der Waals surface area contributed by atoms with Gasteiger partial charge in [0.2, 0.25) is 0 Å². The molecule has 0 rings (SSSR count). The highest BCUT2D eigenvalue weighted by molar-refractivity contribution is 5.83. The van der Waals surface area contributed by atoms with Crippen molar-refractivity contribution in [2.45, 2.75) is 51.6 Å². The van der Waals surface area contributed by atoms with Crippen LogP contribution in [0.25, 0.3) is 0 Å². The molecule has 1 atom stereocenters. The molecule has 72 valence electrons. The molecule has 1 amide bonds. The average Bonchev–Trinajstić information content (AvgIpc) is 2.01. The number of carbonyl (C=O) groups is 1. The Balaban J connectivity index is 4.08. The third-order valence-corrected chi connectivity index (χ3v) is 2.01. The Kier molecular flexibility index (Phi) is 4.86. The summed E-state index contributed by atoms with van der Waals surface area (Å²) in [7, 11) is 0. The van der Waals surface area contributed by atoms with E-state index in [2.05, 4.69) is 0 Å². The molecule has 0 radical (unpaired) electrons. The minimum atomic E-state index is -1.76. The lowest BCUT2D eigenvalue weighted by atomic mass is 9.93. The van der Waals surface area contributed by atoms with E-state index in [4.69, 9.17) is 5.73 Å². The van der Waals surface area contributed by atoms with Crippen LogP contribution in [-0.4, -0.2) is 11.6 Å². The number of halogens is 1. The first-order chi connectivity index (χ1) is 5.56. The lowest BCUT2D eigenvalue weighted by Crippen LogP contribution is -2.39. The first-order valence-corrected chi connectivity index (χ1v) is 4.55. The van der Waals surface area contributed by atoms with Crippen molar-refractivity contribution < 1.29 is 9.18 Å². The van der Waals surface area contributed by atoms with Crippen LogP contribution in [0.4, 0.5) is 4.39 Å². The topological polar surface area (TPSA) is 43.1 Å². The van der Waals surface area contributed by atoms with E-state index in [0.717, 1.165) is 12.8 Å². The number of amides is 1. The summed E-state index contributed by atoms with van der Waals surface area (Å²) in [5.74, 6) is -0.808. The molecule has 2 nitrogen and oxygen atoms in total. The largest absolute Gasteiger partial charge is 0.367 e. The Hall–Kier alpha value is -0.600. The average molecular weight is 175 g/mol. The van der Waals surface area contributed by atoms with Gasteiger partial charge in [0.1, 0.15) is 0 Å². The molecule has 0 aliphatic heterocycles. The third kappa shape index (κ3) is 3.20. The van der Waals surface area contributed by atoms with E-state index in [1.165, 1.54) is 0 Å². The zero-order valence-electron chi connectivity index (χ0n) is 7.90. The molecule has 0 aliphatic rings. The maximum Gasteiger partial charge on any atom is 0.255 e. The minimum Gasteiger partial charge on any atom is -0.367 e. The maximum absolute atomic E-state index is 13.6. The third-order valence-electron chi connectivity index (χ3n) is 2.01. The Morgan fingerprint density at radius 2 is 1.92 bits per heavy atom. The van der Waals surface area contributed by atoms with Crippen molar-refractivity contribution in [3.05, 3.63) is 0 Å². The molecule has 0 spiro atoms. The number of nitrogens with two attached hydrogens (primary N) is 1. The van der Waals surface area contributed by atoms with Crippen LogP contribution in [0.5, 0.6) is 0 Å². The van der Waals surface area contributed by atoms with Crippen molar-refractivity contribution in [1.82, 2.24) is 0 Å². The predicted molar refractivity (Wildman–Crippen MR) is 47.5 cm³/mol. The molecule has 0 bridgehead atoms. The van der Waals surface area contributed by atoms with Gasteiger partial charge in [-0.1, -0.05) is 26.7 Å². The van der Waals surface area contributed by atoms with Crippen molar-refractivity contribution in [3.63, 3.8) is 0 Å². The monoisotopic (exact) mass is 175 g/mol. The molecular weight excluding hydrogens is 157 g/mol. The van der Waals surface area contributed by atoms with Gasteiger partial charge in [0.15, 0.2) is 5.67 Å². The first-order valence-electron chi connectivity index (χ1n) is 4.55. The van der Waals surface area contributed by atoms with Gasteiger partial charge >= 0.3 is 0 Å². The molecule has 0 aromatic rings. The highest BCUT2D eigenvalue weighted by Crippen LogP contribution is 2.24. The van der Waals surface area contributed by atoms with Gasteiger partial charge in [0.05, 0.1) is 0 Å². The molecule has 0 aliphatic carbocycles. The van der Waals surface area contributed by atoms with Gasteiger partial charge in [-0.2, -0.15) is 0 Å². The van der Waals surface area contributed by atoms with Gasteiger partial charge in [-0.05, 0) is 19.3 Å². The van der Waals surface area contributed by atoms with E-state index in [-0.39, 0.29) is 12.8 Å². The van der Waals surface area contributed by atoms with Crippen LogP contribution in [-0.2, 0) is 4.79 Å². The van der Waals surface area contributed by atoms with Crippen LogP contribution in [0, 0.1) is 0 Å². The second kappa shape index (κ2) is 5.12. The number of alkyl halides is 1. The summed E-state index contributed by atoms with van der Waals surface area (Å²) in [4.78, 5) is 10.8. The van der Waals surface area contributed by atoms with E-state index in [1.807, 2.05) is 13.8 Å². The van der Waals surface area contributed by atoms with Gasteiger partial charge in [-0.15, -0.1) is 0 Å². The molecular formula is C9H18FNO. The molecule has 0 heterocycles. The Bertz CT molecular complexity index is 149. The Morgan fingerprint density at radius 1 is 1.33 bits per heavy atom. The normalized spacial score (nSPS) is 15.6. The van der Waals surface area contributed by atoms with E-state index in [9.17, 15) is 9.18 Å². The van der Waals surface area contributed by atoms with E-state index < -0.39 is 11.6 Å². The van der Waals surface area contributed by atoms with E-state index >= 15 is 0 Å².